The largest absolute Gasteiger partial charge is 0.495 e. The molecule has 1 aromatic carbocycles. The molecule has 5 nitrogen and oxygen atoms in total. The maximum Gasteiger partial charge on any atom is 0.293 e. The Kier molecular flexibility index (Phi) is 7.17. The number of rotatable bonds is 6. The summed E-state index contributed by atoms with van der Waals surface area (Å²) in [6.07, 6.45) is 2.39. The molecule has 0 radical (unpaired) electrons. The van der Waals surface area contributed by atoms with E-state index in [1.165, 1.54) is 4.90 Å². The van der Waals surface area contributed by atoms with E-state index in [-0.39, 0.29) is 11.1 Å². The molecule has 23 heavy (non-hydrogen) atoms. The number of ether oxygens (including phenoxy) is 2. The Labute approximate surface area is 166 Å². The molecule has 124 valence electrons. The van der Waals surface area contributed by atoms with Crippen LogP contribution in [0.3, 0.4) is 0 Å². The van der Waals surface area contributed by atoms with Crippen molar-refractivity contribution in [1.82, 2.24) is 4.90 Å². The number of carbonyl (C=O) groups excluding carboxylic acids is 2. The van der Waals surface area contributed by atoms with Crippen molar-refractivity contribution in [3.05, 3.63) is 29.7 Å². The zero-order valence-corrected chi connectivity index (χ0v) is 17.7. The highest BCUT2D eigenvalue weighted by atomic mass is 127. The predicted octanol–water partition coefficient (Wildman–Crippen LogP) is 3.98. The van der Waals surface area contributed by atoms with E-state index in [0.717, 1.165) is 30.2 Å². The highest BCUT2D eigenvalue weighted by molar-refractivity contribution is 14.1. The minimum Gasteiger partial charge on any atom is -0.495 e. The summed E-state index contributed by atoms with van der Waals surface area (Å²) in [6, 6.07) is 3.86. The lowest BCUT2D eigenvalue weighted by atomic mass is 10.2. The van der Waals surface area contributed by atoms with Crippen molar-refractivity contribution in [2.45, 2.75) is 6.42 Å². The van der Waals surface area contributed by atoms with Gasteiger partial charge < -0.3 is 9.47 Å². The minimum atomic E-state index is -0.239. The van der Waals surface area contributed by atoms with E-state index in [1.54, 1.807) is 20.3 Å². The van der Waals surface area contributed by atoms with Crippen molar-refractivity contribution in [2.75, 3.05) is 27.4 Å². The summed E-state index contributed by atoms with van der Waals surface area (Å²) in [7, 11) is 3.23. The number of hydrogen-bond acceptors (Lipinski definition) is 5. The third-order valence-corrected chi connectivity index (χ3v) is 5.64. The van der Waals surface area contributed by atoms with E-state index >= 15 is 0 Å². The van der Waals surface area contributed by atoms with Gasteiger partial charge in [0, 0.05) is 20.3 Å². The van der Waals surface area contributed by atoms with Crippen molar-refractivity contribution in [3.8, 4) is 5.75 Å². The molecule has 1 heterocycles. The summed E-state index contributed by atoms with van der Waals surface area (Å²) < 4.78 is 12.2. The molecule has 0 N–H and O–H groups in total. The van der Waals surface area contributed by atoms with Crippen molar-refractivity contribution >= 4 is 74.2 Å². The fraction of sp³-hybridized carbons (Fsp3) is 0.333. The van der Waals surface area contributed by atoms with Gasteiger partial charge in [0.05, 0.1) is 19.2 Å². The van der Waals surface area contributed by atoms with Gasteiger partial charge in [0.1, 0.15) is 5.75 Å². The molecule has 0 bridgehead atoms. The Morgan fingerprint density at radius 2 is 1.87 bits per heavy atom. The Morgan fingerprint density at radius 1 is 1.22 bits per heavy atom. The summed E-state index contributed by atoms with van der Waals surface area (Å²) in [5.74, 6) is 0.577. The second kappa shape index (κ2) is 8.67. The highest BCUT2D eigenvalue weighted by Gasteiger charge is 2.34. The van der Waals surface area contributed by atoms with Crippen LogP contribution < -0.4 is 4.74 Å². The van der Waals surface area contributed by atoms with Gasteiger partial charge in [-0.1, -0.05) is 0 Å². The van der Waals surface area contributed by atoms with Gasteiger partial charge in [-0.15, -0.1) is 0 Å². The number of methoxy groups -OCH3 is 2. The highest BCUT2D eigenvalue weighted by Crippen LogP contribution is 2.34. The van der Waals surface area contributed by atoms with Crippen LogP contribution in [0.5, 0.6) is 5.75 Å². The van der Waals surface area contributed by atoms with Crippen LogP contribution in [0.1, 0.15) is 12.0 Å². The fourth-order valence-electron chi connectivity index (χ4n) is 2.07. The van der Waals surface area contributed by atoms with Gasteiger partial charge in [0.25, 0.3) is 11.1 Å². The molecule has 1 fully saturated rings. The smallest absolute Gasteiger partial charge is 0.293 e. The number of halogens is 2. The lowest BCUT2D eigenvalue weighted by Crippen LogP contribution is -2.29. The standard InChI is InChI=1S/C15H15I2NO4S/c1-21-5-3-4-18-14(19)12(23-15(18)20)8-9-6-10(16)13(22-2)11(17)7-9/h6-8H,3-5H2,1-2H3/b12-8+. The number of imide groups is 1. The topological polar surface area (TPSA) is 55.8 Å². The second-order valence-electron chi connectivity index (χ2n) is 4.70. The molecule has 1 saturated heterocycles. The molecule has 0 unspecified atom stereocenters. The Balaban J connectivity index is 2.20. The second-order valence-corrected chi connectivity index (χ2v) is 8.02. The third kappa shape index (κ3) is 4.60. The van der Waals surface area contributed by atoms with E-state index in [2.05, 4.69) is 45.2 Å². The van der Waals surface area contributed by atoms with Crippen molar-refractivity contribution in [1.29, 1.82) is 0 Å². The molecular weight excluding hydrogens is 544 g/mol. The number of thioether (sulfide) groups is 1. The van der Waals surface area contributed by atoms with Crippen LogP contribution in [-0.2, 0) is 9.53 Å². The quantitative estimate of drug-likeness (QED) is 0.300. The van der Waals surface area contributed by atoms with Crippen LogP contribution in [0.25, 0.3) is 6.08 Å². The molecule has 1 aliphatic heterocycles. The summed E-state index contributed by atoms with van der Waals surface area (Å²) in [5.41, 5.74) is 0.877. The summed E-state index contributed by atoms with van der Waals surface area (Å²) in [6.45, 7) is 0.906. The van der Waals surface area contributed by atoms with Crippen LogP contribution in [0.4, 0.5) is 4.79 Å². The van der Waals surface area contributed by atoms with Gasteiger partial charge in [-0.05, 0) is 87.1 Å². The molecule has 0 saturated carbocycles. The van der Waals surface area contributed by atoms with E-state index < -0.39 is 0 Å². The van der Waals surface area contributed by atoms with Gasteiger partial charge in [-0.3, -0.25) is 14.5 Å². The van der Waals surface area contributed by atoms with E-state index in [4.69, 9.17) is 9.47 Å². The molecule has 0 aliphatic carbocycles. The minimum absolute atomic E-state index is 0.227. The number of benzene rings is 1. The molecule has 0 atom stereocenters. The number of nitrogens with zero attached hydrogens (tertiary/aromatic N) is 1. The maximum atomic E-state index is 12.4. The average Bonchev–Trinajstić information content (AvgIpc) is 2.74. The van der Waals surface area contributed by atoms with E-state index in [0.29, 0.717) is 24.5 Å². The molecule has 1 aromatic rings. The SMILES string of the molecule is COCCCN1C(=O)S/C(=C/c2cc(I)c(OC)c(I)c2)C1=O. The predicted molar refractivity (Wildman–Crippen MR) is 108 cm³/mol. The maximum absolute atomic E-state index is 12.4. The molecular formula is C15H15I2NO4S. The Bertz CT molecular complexity index is 640. The number of carbonyl (C=O) groups is 2. The Morgan fingerprint density at radius 3 is 2.43 bits per heavy atom. The first-order valence-corrected chi connectivity index (χ1v) is 9.72. The molecule has 0 aromatic heterocycles. The molecule has 2 rings (SSSR count). The van der Waals surface area contributed by atoms with E-state index in [1.807, 2.05) is 12.1 Å². The number of amides is 2. The first kappa shape index (κ1) is 19.0. The zero-order valence-electron chi connectivity index (χ0n) is 12.6. The van der Waals surface area contributed by atoms with Crippen LogP contribution in [0, 0.1) is 7.14 Å². The molecule has 8 heteroatoms. The lowest BCUT2D eigenvalue weighted by molar-refractivity contribution is -0.122. The van der Waals surface area contributed by atoms with Crippen molar-refractivity contribution in [2.24, 2.45) is 0 Å². The van der Waals surface area contributed by atoms with Gasteiger partial charge in [-0.25, -0.2) is 0 Å². The van der Waals surface area contributed by atoms with Crippen LogP contribution >= 0.6 is 56.9 Å². The monoisotopic (exact) mass is 559 g/mol. The summed E-state index contributed by atoms with van der Waals surface area (Å²) in [5, 5.41) is -0.227. The van der Waals surface area contributed by atoms with Crippen LogP contribution in [0.15, 0.2) is 17.0 Å². The first-order chi connectivity index (χ1) is 11.0. The average molecular weight is 559 g/mol. The normalized spacial score (nSPS) is 16.5. The van der Waals surface area contributed by atoms with Gasteiger partial charge in [0.2, 0.25) is 0 Å². The lowest BCUT2D eigenvalue weighted by Gasteiger charge is -2.11. The first-order valence-electron chi connectivity index (χ1n) is 6.75. The van der Waals surface area contributed by atoms with Crippen molar-refractivity contribution in [3.63, 3.8) is 0 Å². The molecule has 0 spiro atoms. The summed E-state index contributed by atoms with van der Waals surface area (Å²) in [4.78, 5) is 26.1. The van der Waals surface area contributed by atoms with Gasteiger partial charge in [-0.2, -0.15) is 0 Å². The van der Waals surface area contributed by atoms with Crippen LogP contribution in [-0.4, -0.2) is 43.4 Å². The molecule has 2 amide bonds. The fourth-order valence-corrected chi connectivity index (χ4v) is 5.19. The van der Waals surface area contributed by atoms with Gasteiger partial charge in [0.15, 0.2) is 0 Å². The Hall–Kier alpha value is -0.330. The van der Waals surface area contributed by atoms with Gasteiger partial charge >= 0.3 is 0 Å². The van der Waals surface area contributed by atoms with Crippen molar-refractivity contribution < 1.29 is 19.1 Å². The zero-order chi connectivity index (χ0) is 17.0. The molecule has 1 aliphatic rings. The van der Waals surface area contributed by atoms with E-state index in [9.17, 15) is 9.59 Å². The summed E-state index contributed by atoms with van der Waals surface area (Å²) >= 11 is 5.36. The number of hydrogen-bond donors (Lipinski definition) is 0. The van der Waals surface area contributed by atoms with Crippen LogP contribution in [0.2, 0.25) is 0 Å². The third-order valence-electron chi connectivity index (χ3n) is 3.13.